The monoisotopic (exact) mass is 416 g/mol. The lowest BCUT2D eigenvalue weighted by Gasteiger charge is -2.09. The molecule has 2 aromatic carbocycles. The molecule has 0 bridgehead atoms. The zero-order valence-corrected chi connectivity index (χ0v) is 16.2. The van der Waals surface area contributed by atoms with Crippen LogP contribution < -0.4 is 10.1 Å². The third kappa shape index (κ3) is 4.99. The van der Waals surface area contributed by atoms with Crippen molar-refractivity contribution < 1.29 is 32.4 Å². The van der Waals surface area contributed by atoms with E-state index in [0.717, 1.165) is 23.4 Å². The number of hydrogen-bond acceptors (Lipinski definition) is 6. The van der Waals surface area contributed by atoms with Gasteiger partial charge in [0.25, 0.3) is 5.91 Å². The molecule has 3 rings (SSSR count). The van der Waals surface area contributed by atoms with Gasteiger partial charge in [0, 0.05) is 0 Å². The fraction of sp³-hybridized carbons (Fsp3) is 0.190. The summed E-state index contributed by atoms with van der Waals surface area (Å²) in [6, 6.07) is 9.26. The van der Waals surface area contributed by atoms with Crippen LogP contribution in [0.2, 0.25) is 0 Å². The van der Waals surface area contributed by atoms with Crippen molar-refractivity contribution in [2.24, 2.45) is 0 Å². The number of rotatable bonds is 7. The van der Waals surface area contributed by atoms with Gasteiger partial charge in [-0.1, -0.05) is 11.2 Å². The van der Waals surface area contributed by atoms with Crippen molar-refractivity contribution >= 4 is 17.6 Å². The highest BCUT2D eigenvalue weighted by atomic mass is 19.1. The lowest BCUT2D eigenvalue weighted by Crippen LogP contribution is -2.22. The second-order valence-corrected chi connectivity index (χ2v) is 6.34. The maximum Gasteiger partial charge on any atom is 0.338 e. The number of aryl methyl sites for hydroxylation is 2. The van der Waals surface area contributed by atoms with Gasteiger partial charge in [-0.05, 0) is 50.2 Å². The van der Waals surface area contributed by atoms with Crippen LogP contribution in [0.3, 0.4) is 0 Å². The summed E-state index contributed by atoms with van der Waals surface area (Å²) >= 11 is 0. The van der Waals surface area contributed by atoms with Gasteiger partial charge in [-0.3, -0.25) is 4.79 Å². The fourth-order valence-electron chi connectivity index (χ4n) is 2.56. The Bertz CT molecular complexity index is 1020. The van der Waals surface area contributed by atoms with Gasteiger partial charge in [0.1, 0.15) is 35.4 Å². The van der Waals surface area contributed by atoms with Gasteiger partial charge >= 0.3 is 5.97 Å². The predicted octanol–water partition coefficient (Wildman–Crippen LogP) is 3.94. The largest absolute Gasteiger partial charge is 0.489 e. The number of nitrogens with zero attached hydrogens (tertiary/aromatic N) is 1. The van der Waals surface area contributed by atoms with Gasteiger partial charge in [-0.2, -0.15) is 0 Å². The van der Waals surface area contributed by atoms with E-state index in [1.54, 1.807) is 19.1 Å². The Balaban J connectivity index is 1.51. The number of ether oxygens (including phenoxy) is 2. The van der Waals surface area contributed by atoms with Crippen molar-refractivity contribution in [3.05, 3.63) is 76.7 Å². The van der Waals surface area contributed by atoms with E-state index >= 15 is 0 Å². The summed E-state index contributed by atoms with van der Waals surface area (Å²) in [5.41, 5.74) is 1.17. The van der Waals surface area contributed by atoms with Crippen LogP contribution in [0.15, 0.2) is 47.0 Å². The number of nitrogens with one attached hydrogen (secondary N) is 1. The highest BCUT2D eigenvalue weighted by Crippen LogP contribution is 2.19. The molecule has 1 amide bonds. The van der Waals surface area contributed by atoms with E-state index < -0.39 is 35.8 Å². The van der Waals surface area contributed by atoms with Crippen molar-refractivity contribution in [2.45, 2.75) is 20.5 Å². The van der Waals surface area contributed by atoms with Crippen LogP contribution in [-0.2, 0) is 16.1 Å². The lowest BCUT2D eigenvalue weighted by atomic mass is 10.2. The third-order valence-electron chi connectivity index (χ3n) is 4.22. The molecule has 0 aliphatic carbocycles. The number of carbonyl (C=O) groups excluding carboxylic acids is 2. The first-order valence-electron chi connectivity index (χ1n) is 8.90. The number of benzene rings is 2. The van der Waals surface area contributed by atoms with Crippen LogP contribution in [0.5, 0.6) is 5.75 Å². The number of amides is 1. The first-order chi connectivity index (χ1) is 14.3. The number of esters is 1. The Kier molecular flexibility index (Phi) is 6.41. The minimum absolute atomic E-state index is 0.185. The highest BCUT2D eigenvalue weighted by Gasteiger charge is 2.15. The molecule has 0 aliphatic rings. The van der Waals surface area contributed by atoms with E-state index in [2.05, 4.69) is 5.16 Å². The predicted molar refractivity (Wildman–Crippen MR) is 102 cm³/mol. The lowest BCUT2D eigenvalue weighted by molar-refractivity contribution is -0.119. The molecule has 9 heteroatoms. The Morgan fingerprint density at radius 2 is 1.73 bits per heavy atom. The van der Waals surface area contributed by atoms with Gasteiger partial charge in [0.15, 0.2) is 6.61 Å². The first-order valence-corrected chi connectivity index (χ1v) is 8.90. The second-order valence-electron chi connectivity index (χ2n) is 6.34. The SMILES string of the molecule is Cc1noc(C)c1COc1ccc(C(=O)OCC(=O)Nc2c(F)cccc2F)cc1. The average Bonchev–Trinajstić information content (AvgIpc) is 3.05. The van der Waals surface area contributed by atoms with Crippen LogP contribution in [-0.4, -0.2) is 23.6 Å². The van der Waals surface area contributed by atoms with Crippen molar-refractivity contribution in [1.29, 1.82) is 0 Å². The molecule has 0 aliphatic heterocycles. The molecule has 1 N–H and O–H groups in total. The van der Waals surface area contributed by atoms with Gasteiger partial charge in [-0.15, -0.1) is 0 Å². The Hall–Kier alpha value is -3.75. The summed E-state index contributed by atoms with van der Waals surface area (Å²) < 4.78 is 42.6. The molecule has 1 aromatic heterocycles. The molecule has 0 radical (unpaired) electrons. The van der Waals surface area contributed by atoms with Gasteiger partial charge in [0.05, 0.1) is 16.8 Å². The summed E-state index contributed by atoms with van der Waals surface area (Å²) in [6.07, 6.45) is 0. The normalized spacial score (nSPS) is 10.5. The number of aromatic nitrogens is 1. The molecular weight excluding hydrogens is 398 g/mol. The quantitative estimate of drug-likeness (QED) is 0.587. The molecule has 1 heterocycles. The standard InChI is InChI=1S/C21H18F2N2O5/c1-12-16(13(2)30-25-12)10-28-15-8-6-14(7-9-15)21(27)29-11-19(26)24-20-17(22)4-3-5-18(20)23/h3-9H,10-11H2,1-2H3,(H,24,26). The van der Waals surface area contributed by atoms with Crippen molar-refractivity contribution in [2.75, 3.05) is 11.9 Å². The number of carbonyl (C=O) groups is 2. The minimum atomic E-state index is -0.929. The average molecular weight is 416 g/mol. The Morgan fingerprint density at radius 3 is 2.33 bits per heavy atom. The summed E-state index contributed by atoms with van der Waals surface area (Å²) in [5, 5.41) is 5.88. The zero-order valence-electron chi connectivity index (χ0n) is 16.2. The van der Waals surface area contributed by atoms with Gasteiger partial charge < -0.3 is 19.3 Å². The van der Waals surface area contributed by atoms with E-state index in [1.807, 2.05) is 12.2 Å². The smallest absolute Gasteiger partial charge is 0.338 e. The number of halogens is 2. The van der Waals surface area contributed by atoms with Crippen molar-refractivity contribution in [3.63, 3.8) is 0 Å². The molecule has 156 valence electrons. The van der Waals surface area contributed by atoms with Crippen LogP contribution in [0.1, 0.15) is 27.4 Å². The number of anilines is 1. The molecule has 0 unspecified atom stereocenters. The number of para-hydroxylation sites is 1. The van der Waals surface area contributed by atoms with Crippen molar-refractivity contribution in [1.82, 2.24) is 5.16 Å². The Morgan fingerprint density at radius 1 is 1.07 bits per heavy atom. The summed E-state index contributed by atoms with van der Waals surface area (Å²) in [5.74, 6) is -2.31. The molecule has 0 saturated carbocycles. The minimum Gasteiger partial charge on any atom is -0.489 e. The van der Waals surface area contributed by atoms with Crippen LogP contribution >= 0.6 is 0 Å². The molecule has 7 nitrogen and oxygen atoms in total. The van der Waals surface area contributed by atoms with E-state index in [9.17, 15) is 18.4 Å². The molecule has 0 spiro atoms. The maximum atomic E-state index is 13.5. The fourth-order valence-corrected chi connectivity index (χ4v) is 2.56. The third-order valence-corrected chi connectivity index (χ3v) is 4.22. The summed E-state index contributed by atoms with van der Waals surface area (Å²) in [4.78, 5) is 23.9. The zero-order chi connectivity index (χ0) is 21.7. The topological polar surface area (TPSA) is 90.7 Å². The molecule has 30 heavy (non-hydrogen) atoms. The summed E-state index contributed by atoms with van der Waals surface area (Å²) in [7, 11) is 0. The van der Waals surface area contributed by atoms with Crippen molar-refractivity contribution in [3.8, 4) is 5.75 Å². The highest BCUT2D eigenvalue weighted by molar-refractivity contribution is 5.95. The van der Waals surface area contributed by atoms with E-state index in [-0.39, 0.29) is 12.2 Å². The summed E-state index contributed by atoms with van der Waals surface area (Å²) in [6.45, 7) is 3.16. The molecule has 0 fully saturated rings. The van der Waals surface area contributed by atoms with E-state index in [4.69, 9.17) is 14.0 Å². The number of hydrogen-bond donors (Lipinski definition) is 1. The first kappa shape index (κ1) is 21.0. The Labute approximate surface area is 170 Å². The molecular formula is C21H18F2N2O5. The van der Waals surface area contributed by atoms with E-state index in [0.29, 0.717) is 11.5 Å². The van der Waals surface area contributed by atoms with Gasteiger partial charge in [0.2, 0.25) is 0 Å². The van der Waals surface area contributed by atoms with Crippen LogP contribution in [0, 0.1) is 25.5 Å². The van der Waals surface area contributed by atoms with Crippen LogP contribution in [0.4, 0.5) is 14.5 Å². The molecule has 3 aromatic rings. The maximum absolute atomic E-state index is 13.5. The second kappa shape index (κ2) is 9.17. The molecule has 0 saturated heterocycles. The van der Waals surface area contributed by atoms with E-state index in [1.165, 1.54) is 18.2 Å². The van der Waals surface area contributed by atoms with Crippen LogP contribution in [0.25, 0.3) is 0 Å². The van der Waals surface area contributed by atoms with Gasteiger partial charge in [-0.25, -0.2) is 13.6 Å². The molecule has 0 atom stereocenters.